The van der Waals surface area contributed by atoms with Crippen molar-refractivity contribution < 1.29 is 28.9 Å². The van der Waals surface area contributed by atoms with E-state index in [-0.39, 0.29) is 32.0 Å². The molecule has 3 unspecified atom stereocenters. The molecule has 43 heavy (non-hydrogen) atoms. The highest BCUT2D eigenvalue weighted by Gasteiger charge is 2.34. The molecule has 2 aromatic carbocycles. The molecule has 0 saturated carbocycles. The van der Waals surface area contributed by atoms with Gasteiger partial charge in [0.15, 0.2) is 6.29 Å². The number of anilines is 2. The van der Waals surface area contributed by atoms with E-state index in [4.69, 9.17) is 14.2 Å². The number of aliphatic hydroxyl groups is 1. The molecule has 2 aliphatic heterocycles. The Balaban J connectivity index is 1.23. The first-order valence-electron chi connectivity index (χ1n) is 14.6. The Morgan fingerprint density at radius 1 is 0.977 bits per heavy atom. The lowest BCUT2D eigenvalue weighted by atomic mass is 9.99. The molecule has 3 atom stereocenters. The molecule has 12 heteroatoms. The van der Waals surface area contributed by atoms with Gasteiger partial charge in [-0.25, -0.2) is 14.8 Å². The number of esters is 1. The topological polar surface area (TPSA) is 138 Å². The van der Waals surface area contributed by atoms with Crippen LogP contribution in [0.4, 0.5) is 16.4 Å². The minimum atomic E-state index is -0.605. The molecule has 3 aromatic rings. The van der Waals surface area contributed by atoms with Gasteiger partial charge < -0.3 is 34.9 Å². The molecular formula is C31H38N6O6. The molecule has 1 aromatic heterocycles. The Hall–Kier alpha value is -4.10. The average Bonchev–Trinajstić information content (AvgIpc) is 3.05. The van der Waals surface area contributed by atoms with Crippen LogP contribution in [-0.4, -0.2) is 84.0 Å². The van der Waals surface area contributed by atoms with Crippen molar-refractivity contribution in [3.8, 4) is 0 Å². The van der Waals surface area contributed by atoms with Crippen LogP contribution in [0.15, 0.2) is 67.0 Å². The Bertz CT molecular complexity index is 1320. The van der Waals surface area contributed by atoms with E-state index in [1.165, 1.54) is 0 Å². The molecule has 3 heterocycles. The second-order valence-corrected chi connectivity index (χ2v) is 10.4. The van der Waals surface area contributed by atoms with E-state index in [1.54, 1.807) is 31.5 Å². The highest BCUT2D eigenvalue weighted by atomic mass is 16.7. The summed E-state index contributed by atoms with van der Waals surface area (Å²) in [7, 11) is 0. The number of aliphatic hydroxyl groups excluding tert-OH is 1. The zero-order chi connectivity index (χ0) is 30.0. The largest absolute Gasteiger partial charge is 0.465 e. The number of hydrogen-bond donors (Lipinski definition) is 3. The summed E-state index contributed by atoms with van der Waals surface area (Å²) in [5.74, 6) is 0.257. The van der Waals surface area contributed by atoms with Crippen molar-refractivity contribution in [2.24, 2.45) is 0 Å². The Morgan fingerprint density at radius 3 is 2.35 bits per heavy atom. The van der Waals surface area contributed by atoms with Crippen LogP contribution in [0.1, 0.15) is 42.4 Å². The standard InChI is InChI=1S/C31H38N6O6/c1-2-41-28(39)19-34-31(40)35-25-10-8-24(9-11-25)29-42-26(18-27(43-29)23-6-4-22(21-38)5-7-23)20-36-14-16-37(17-15-36)30-32-12-3-13-33-30/h3-13,26-27,29,38H,2,14-21H2,1H3,(H2,34,35,40). The van der Waals surface area contributed by atoms with Gasteiger partial charge in [0, 0.05) is 62.8 Å². The summed E-state index contributed by atoms with van der Waals surface area (Å²) < 4.78 is 17.8. The van der Waals surface area contributed by atoms with Gasteiger partial charge in [-0.1, -0.05) is 36.4 Å². The monoisotopic (exact) mass is 590 g/mol. The van der Waals surface area contributed by atoms with Crippen LogP contribution in [-0.2, 0) is 25.6 Å². The molecule has 2 aliphatic rings. The Kier molecular flexibility index (Phi) is 10.5. The number of nitrogens with zero attached hydrogens (tertiary/aromatic N) is 4. The summed E-state index contributed by atoms with van der Waals surface area (Å²) in [6, 6.07) is 16.4. The number of aromatic nitrogens is 2. The number of hydrogen-bond acceptors (Lipinski definition) is 10. The molecular weight excluding hydrogens is 552 g/mol. The molecule has 3 N–H and O–H groups in total. The third-order valence-electron chi connectivity index (χ3n) is 7.42. The average molecular weight is 591 g/mol. The molecule has 2 saturated heterocycles. The first-order chi connectivity index (χ1) is 21.0. The summed E-state index contributed by atoms with van der Waals surface area (Å²) in [4.78, 5) is 37.0. The normalized spacial score (nSPS) is 20.8. The van der Waals surface area contributed by atoms with Gasteiger partial charge in [-0.05, 0) is 36.2 Å². The van der Waals surface area contributed by atoms with Crippen LogP contribution < -0.4 is 15.5 Å². The molecule has 0 radical (unpaired) electrons. The number of ether oxygens (including phenoxy) is 3. The summed E-state index contributed by atoms with van der Waals surface area (Å²) in [5.41, 5.74) is 3.26. The number of amides is 2. The number of carbonyl (C=O) groups excluding carboxylic acids is 2. The van der Waals surface area contributed by atoms with Gasteiger partial charge >= 0.3 is 12.0 Å². The maximum absolute atomic E-state index is 12.2. The number of carbonyl (C=O) groups is 2. The van der Waals surface area contributed by atoms with Crippen LogP contribution in [0, 0.1) is 0 Å². The van der Waals surface area contributed by atoms with E-state index in [0.29, 0.717) is 12.1 Å². The van der Waals surface area contributed by atoms with Crippen LogP contribution in [0.2, 0.25) is 0 Å². The van der Waals surface area contributed by atoms with Crippen molar-refractivity contribution in [1.82, 2.24) is 20.2 Å². The second kappa shape index (κ2) is 14.9. The van der Waals surface area contributed by atoms with Crippen molar-refractivity contribution in [3.63, 3.8) is 0 Å². The van der Waals surface area contributed by atoms with E-state index in [2.05, 4.69) is 30.4 Å². The van der Waals surface area contributed by atoms with Crippen molar-refractivity contribution in [2.45, 2.75) is 38.4 Å². The minimum absolute atomic E-state index is 0.0125. The molecule has 0 spiro atoms. The van der Waals surface area contributed by atoms with E-state index < -0.39 is 18.3 Å². The maximum Gasteiger partial charge on any atom is 0.325 e. The van der Waals surface area contributed by atoms with Crippen molar-refractivity contribution >= 4 is 23.6 Å². The number of urea groups is 1. The van der Waals surface area contributed by atoms with Crippen LogP contribution >= 0.6 is 0 Å². The lowest BCUT2D eigenvalue weighted by molar-refractivity contribution is -0.253. The third kappa shape index (κ3) is 8.48. The highest BCUT2D eigenvalue weighted by molar-refractivity contribution is 5.91. The SMILES string of the molecule is CCOC(=O)CNC(=O)Nc1ccc(C2OC(CN3CCN(c4ncccn4)CC3)CC(c3ccc(CO)cc3)O2)cc1. The van der Waals surface area contributed by atoms with E-state index in [1.807, 2.05) is 42.5 Å². The molecule has 12 nitrogen and oxygen atoms in total. The smallest absolute Gasteiger partial charge is 0.325 e. The Morgan fingerprint density at radius 2 is 1.67 bits per heavy atom. The van der Waals surface area contributed by atoms with Gasteiger partial charge in [0.25, 0.3) is 0 Å². The zero-order valence-corrected chi connectivity index (χ0v) is 24.2. The zero-order valence-electron chi connectivity index (χ0n) is 24.2. The maximum atomic E-state index is 12.2. The summed E-state index contributed by atoms with van der Waals surface area (Å²) >= 11 is 0. The third-order valence-corrected chi connectivity index (χ3v) is 7.42. The molecule has 2 amide bonds. The van der Waals surface area contributed by atoms with E-state index in [0.717, 1.165) is 55.4 Å². The Labute approximate surface area is 251 Å². The van der Waals surface area contributed by atoms with Gasteiger partial charge in [-0.15, -0.1) is 0 Å². The van der Waals surface area contributed by atoms with Crippen molar-refractivity contribution in [3.05, 3.63) is 83.7 Å². The summed E-state index contributed by atoms with van der Waals surface area (Å²) in [5, 5.41) is 14.7. The number of piperazine rings is 1. The molecule has 5 rings (SSSR count). The predicted molar refractivity (Wildman–Crippen MR) is 159 cm³/mol. The van der Waals surface area contributed by atoms with Crippen molar-refractivity contribution in [1.29, 1.82) is 0 Å². The lowest BCUT2D eigenvalue weighted by Gasteiger charge is -2.40. The van der Waals surface area contributed by atoms with Gasteiger partial charge in [-0.3, -0.25) is 9.69 Å². The number of benzene rings is 2. The molecule has 0 aliphatic carbocycles. The fourth-order valence-corrected chi connectivity index (χ4v) is 5.17. The molecule has 0 bridgehead atoms. The molecule has 2 fully saturated rings. The first kappa shape index (κ1) is 30.4. The predicted octanol–water partition coefficient (Wildman–Crippen LogP) is 3.02. The summed E-state index contributed by atoms with van der Waals surface area (Å²) in [6.45, 7) is 5.92. The van der Waals surface area contributed by atoms with Crippen LogP contribution in [0.25, 0.3) is 0 Å². The first-order valence-corrected chi connectivity index (χ1v) is 14.6. The number of rotatable bonds is 10. The van der Waals surface area contributed by atoms with Crippen LogP contribution in [0.3, 0.4) is 0 Å². The van der Waals surface area contributed by atoms with Gasteiger partial charge in [0.05, 0.1) is 25.4 Å². The second-order valence-electron chi connectivity index (χ2n) is 10.4. The van der Waals surface area contributed by atoms with Gasteiger partial charge in [0.1, 0.15) is 6.54 Å². The van der Waals surface area contributed by atoms with Crippen molar-refractivity contribution in [2.75, 3.05) is 56.1 Å². The lowest BCUT2D eigenvalue weighted by Crippen LogP contribution is -2.50. The fourth-order valence-electron chi connectivity index (χ4n) is 5.17. The van der Waals surface area contributed by atoms with E-state index in [9.17, 15) is 14.7 Å². The highest BCUT2D eigenvalue weighted by Crippen LogP contribution is 2.38. The van der Waals surface area contributed by atoms with Crippen LogP contribution in [0.5, 0.6) is 0 Å². The van der Waals surface area contributed by atoms with E-state index >= 15 is 0 Å². The quantitative estimate of drug-likeness (QED) is 0.302. The van der Waals surface area contributed by atoms with Gasteiger partial charge in [0.2, 0.25) is 5.95 Å². The summed E-state index contributed by atoms with van der Waals surface area (Å²) in [6.07, 6.45) is 3.35. The van der Waals surface area contributed by atoms with Gasteiger partial charge in [-0.2, -0.15) is 0 Å². The fraction of sp³-hybridized carbons (Fsp3) is 0.419. The molecule has 228 valence electrons. The number of nitrogens with one attached hydrogen (secondary N) is 2. The minimum Gasteiger partial charge on any atom is -0.465 e.